The molecule has 0 aliphatic heterocycles. The molecule has 8 heteroatoms. The molecule has 0 saturated carbocycles. The van der Waals surface area contributed by atoms with Crippen molar-refractivity contribution in [3.8, 4) is 22.7 Å². The van der Waals surface area contributed by atoms with Crippen molar-refractivity contribution in [3.05, 3.63) is 71.7 Å². The SMILES string of the molecule is COc1ccccc1-c1cc(C(F)(F)F)c2c(C)nn(-c3ccc(F)cc3)c2n1. The van der Waals surface area contributed by atoms with E-state index in [0.29, 0.717) is 17.0 Å². The van der Waals surface area contributed by atoms with Crippen LogP contribution in [0.5, 0.6) is 5.75 Å². The van der Waals surface area contributed by atoms with Gasteiger partial charge in [0.05, 0.1) is 35.1 Å². The molecule has 2 heterocycles. The molecule has 0 saturated heterocycles. The summed E-state index contributed by atoms with van der Waals surface area (Å²) in [6, 6.07) is 13.0. The van der Waals surface area contributed by atoms with Crippen LogP contribution in [0.3, 0.4) is 0 Å². The number of fused-ring (bicyclic) bond motifs is 1. The Labute approximate surface area is 163 Å². The summed E-state index contributed by atoms with van der Waals surface area (Å²) in [5, 5.41) is 4.14. The summed E-state index contributed by atoms with van der Waals surface area (Å²) in [6.07, 6.45) is -4.61. The number of halogens is 4. The molecule has 0 radical (unpaired) electrons. The van der Waals surface area contributed by atoms with Gasteiger partial charge in [-0.3, -0.25) is 0 Å². The lowest BCUT2D eigenvalue weighted by atomic mass is 10.0. The lowest BCUT2D eigenvalue weighted by Gasteiger charge is -2.13. The topological polar surface area (TPSA) is 39.9 Å². The van der Waals surface area contributed by atoms with Crippen molar-refractivity contribution in [2.24, 2.45) is 0 Å². The van der Waals surface area contributed by atoms with E-state index in [1.165, 1.54) is 43.0 Å². The molecule has 0 aliphatic carbocycles. The summed E-state index contributed by atoms with van der Waals surface area (Å²) < 4.78 is 61.6. The van der Waals surface area contributed by atoms with Gasteiger partial charge in [-0.25, -0.2) is 14.1 Å². The number of methoxy groups -OCH3 is 1. The molecular formula is C21H15F4N3O. The molecule has 4 rings (SSSR count). The summed E-state index contributed by atoms with van der Waals surface area (Å²) >= 11 is 0. The number of hydrogen-bond donors (Lipinski definition) is 0. The van der Waals surface area contributed by atoms with Gasteiger partial charge in [0.1, 0.15) is 11.6 Å². The van der Waals surface area contributed by atoms with Crippen molar-refractivity contribution in [1.82, 2.24) is 14.8 Å². The Morgan fingerprint density at radius 3 is 2.34 bits per heavy atom. The Bertz CT molecular complexity index is 1200. The predicted molar refractivity (Wildman–Crippen MR) is 101 cm³/mol. The molecule has 0 spiro atoms. The largest absolute Gasteiger partial charge is 0.496 e. The van der Waals surface area contributed by atoms with Crippen molar-refractivity contribution < 1.29 is 22.3 Å². The minimum atomic E-state index is -4.61. The van der Waals surface area contributed by atoms with Crippen LogP contribution in [0.4, 0.5) is 17.6 Å². The molecule has 0 atom stereocenters. The van der Waals surface area contributed by atoms with E-state index in [-0.39, 0.29) is 22.4 Å². The van der Waals surface area contributed by atoms with Gasteiger partial charge in [0.15, 0.2) is 5.65 Å². The first kappa shape index (κ1) is 18.9. The summed E-state index contributed by atoms with van der Waals surface area (Å²) in [5.74, 6) is -0.0578. The van der Waals surface area contributed by atoms with Gasteiger partial charge in [-0.05, 0) is 49.4 Å². The van der Waals surface area contributed by atoms with Gasteiger partial charge < -0.3 is 4.74 Å². The quantitative estimate of drug-likeness (QED) is 0.422. The maximum atomic E-state index is 13.9. The summed E-state index contributed by atoms with van der Waals surface area (Å²) in [6.45, 7) is 1.49. The van der Waals surface area contributed by atoms with Crippen LogP contribution in [-0.4, -0.2) is 21.9 Å². The second-order valence-corrected chi connectivity index (χ2v) is 6.43. The first-order valence-electron chi connectivity index (χ1n) is 8.66. The molecule has 148 valence electrons. The fourth-order valence-corrected chi connectivity index (χ4v) is 3.27. The van der Waals surface area contributed by atoms with E-state index in [2.05, 4.69) is 10.1 Å². The van der Waals surface area contributed by atoms with E-state index in [4.69, 9.17) is 4.74 Å². The molecule has 29 heavy (non-hydrogen) atoms. The number of para-hydroxylation sites is 1. The predicted octanol–water partition coefficient (Wildman–Crippen LogP) is 5.56. The Kier molecular flexibility index (Phi) is 4.49. The fourth-order valence-electron chi connectivity index (χ4n) is 3.27. The van der Waals surface area contributed by atoms with Crippen molar-refractivity contribution in [2.75, 3.05) is 7.11 Å². The van der Waals surface area contributed by atoms with Crippen LogP contribution in [0.15, 0.2) is 54.6 Å². The number of aromatic nitrogens is 3. The van der Waals surface area contributed by atoms with E-state index >= 15 is 0 Å². The van der Waals surface area contributed by atoms with Crippen LogP contribution >= 0.6 is 0 Å². The number of benzene rings is 2. The third kappa shape index (κ3) is 3.30. The smallest absolute Gasteiger partial charge is 0.417 e. The van der Waals surface area contributed by atoms with Crippen molar-refractivity contribution >= 4 is 11.0 Å². The number of aryl methyl sites for hydroxylation is 1. The number of rotatable bonds is 3. The van der Waals surface area contributed by atoms with Gasteiger partial charge in [-0.15, -0.1) is 0 Å². The summed E-state index contributed by atoms with van der Waals surface area (Å²) in [5.41, 5.74) is 0.301. The Balaban J connectivity index is 2.07. The Morgan fingerprint density at radius 1 is 1.00 bits per heavy atom. The molecule has 4 aromatic rings. The summed E-state index contributed by atoms with van der Waals surface area (Å²) in [7, 11) is 1.44. The lowest BCUT2D eigenvalue weighted by molar-refractivity contribution is -0.136. The van der Waals surface area contributed by atoms with Gasteiger partial charge in [-0.2, -0.15) is 18.3 Å². The van der Waals surface area contributed by atoms with Gasteiger partial charge in [0.2, 0.25) is 0 Å². The molecule has 2 aromatic heterocycles. The average molecular weight is 401 g/mol. The van der Waals surface area contributed by atoms with Gasteiger partial charge in [0, 0.05) is 5.56 Å². The lowest BCUT2D eigenvalue weighted by Crippen LogP contribution is -2.08. The van der Waals surface area contributed by atoms with Crippen LogP contribution in [0.25, 0.3) is 28.0 Å². The number of ether oxygens (including phenoxy) is 1. The van der Waals surface area contributed by atoms with E-state index in [1.807, 2.05) is 0 Å². The zero-order valence-corrected chi connectivity index (χ0v) is 15.5. The van der Waals surface area contributed by atoms with Crippen LogP contribution in [-0.2, 0) is 6.18 Å². The second kappa shape index (κ2) is 6.88. The zero-order chi connectivity index (χ0) is 20.8. The molecule has 4 nitrogen and oxygen atoms in total. The van der Waals surface area contributed by atoms with Crippen molar-refractivity contribution in [1.29, 1.82) is 0 Å². The van der Waals surface area contributed by atoms with E-state index in [9.17, 15) is 17.6 Å². The molecule has 0 amide bonds. The van der Waals surface area contributed by atoms with Gasteiger partial charge in [0.25, 0.3) is 0 Å². The third-order valence-electron chi connectivity index (χ3n) is 4.57. The first-order chi connectivity index (χ1) is 13.8. The van der Waals surface area contributed by atoms with Crippen LogP contribution < -0.4 is 4.74 Å². The highest BCUT2D eigenvalue weighted by atomic mass is 19.4. The number of pyridine rings is 1. The van der Waals surface area contributed by atoms with Crippen LogP contribution in [0, 0.1) is 12.7 Å². The Morgan fingerprint density at radius 2 is 1.69 bits per heavy atom. The average Bonchev–Trinajstić information content (AvgIpc) is 3.03. The molecule has 0 aliphatic rings. The van der Waals surface area contributed by atoms with Gasteiger partial charge >= 0.3 is 6.18 Å². The van der Waals surface area contributed by atoms with Gasteiger partial charge in [-0.1, -0.05) is 12.1 Å². The highest BCUT2D eigenvalue weighted by molar-refractivity contribution is 5.87. The fraction of sp³-hybridized carbons (Fsp3) is 0.143. The maximum Gasteiger partial charge on any atom is 0.417 e. The maximum absolute atomic E-state index is 13.9. The third-order valence-corrected chi connectivity index (χ3v) is 4.57. The zero-order valence-electron chi connectivity index (χ0n) is 15.5. The highest BCUT2D eigenvalue weighted by Crippen LogP contribution is 2.40. The number of hydrogen-bond acceptors (Lipinski definition) is 3. The molecule has 0 fully saturated rings. The highest BCUT2D eigenvalue weighted by Gasteiger charge is 2.36. The normalized spacial score (nSPS) is 11.8. The van der Waals surface area contributed by atoms with Crippen molar-refractivity contribution in [2.45, 2.75) is 13.1 Å². The first-order valence-corrected chi connectivity index (χ1v) is 8.66. The number of alkyl halides is 3. The van der Waals surface area contributed by atoms with E-state index in [1.54, 1.807) is 24.3 Å². The van der Waals surface area contributed by atoms with E-state index < -0.39 is 17.6 Å². The van der Waals surface area contributed by atoms with Crippen molar-refractivity contribution in [3.63, 3.8) is 0 Å². The molecular weight excluding hydrogens is 386 g/mol. The Hall–Kier alpha value is -3.42. The minimum absolute atomic E-state index is 0.0323. The molecule has 2 aromatic carbocycles. The monoisotopic (exact) mass is 401 g/mol. The second-order valence-electron chi connectivity index (χ2n) is 6.43. The van der Waals surface area contributed by atoms with Crippen LogP contribution in [0.1, 0.15) is 11.3 Å². The van der Waals surface area contributed by atoms with Crippen LogP contribution in [0.2, 0.25) is 0 Å². The molecule has 0 bridgehead atoms. The molecule has 0 unspecified atom stereocenters. The number of nitrogens with zero attached hydrogens (tertiary/aromatic N) is 3. The molecule has 0 N–H and O–H groups in total. The standard InChI is InChI=1S/C21H15F4N3O/c1-12-19-16(21(23,24)25)11-17(15-5-3-4-6-18(15)29-2)26-20(19)28(27-12)14-9-7-13(22)8-10-14/h3-11H,1-2H3. The summed E-state index contributed by atoms with van der Waals surface area (Å²) in [4.78, 5) is 4.47. The van der Waals surface area contributed by atoms with E-state index in [0.717, 1.165) is 6.07 Å². The minimum Gasteiger partial charge on any atom is -0.496 e.